The molecule has 2 rings (SSSR count). The number of aliphatic hydroxyl groups is 1. The lowest BCUT2D eigenvalue weighted by Gasteiger charge is -2.16. The molecule has 2 aromatic rings. The Hall–Kier alpha value is -2.47. The van der Waals surface area contributed by atoms with Gasteiger partial charge in [0, 0.05) is 6.42 Å². The summed E-state index contributed by atoms with van der Waals surface area (Å²) in [7, 11) is 0. The molecule has 0 radical (unpaired) electrons. The fraction of sp³-hybridized carbons (Fsp3) is 0.222. The van der Waals surface area contributed by atoms with Gasteiger partial charge < -0.3 is 14.6 Å². The third-order valence-electron chi connectivity index (χ3n) is 3.22. The zero-order valence-electron chi connectivity index (χ0n) is 12.8. The first-order chi connectivity index (χ1) is 11.3. The van der Waals surface area contributed by atoms with Crippen LogP contribution in [0.5, 0.6) is 5.75 Å². The van der Waals surface area contributed by atoms with Crippen molar-refractivity contribution in [2.24, 2.45) is 0 Å². The van der Waals surface area contributed by atoms with Gasteiger partial charge in [-0.3, -0.25) is 0 Å². The van der Waals surface area contributed by atoms with E-state index in [4.69, 9.17) is 4.74 Å². The van der Waals surface area contributed by atoms with E-state index in [1.54, 1.807) is 0 Å². The first-order valence-corrected chi connectivity index (χ1v) is 7.22. The maximum atomic E-state index is 12.1. The van der Waals surface area contributed by atoms with Crippen LogP contribution in [0.1, 0.15) is 11.1 Å². The first-order valence-electron chi connectivity index (χ1n) is 7.22. The summed E-state index contributed by atoms with van der Waals surface area (Å²) in [5, 5.41) is 10.1. The fourth-order valence-corrected chi connectivity index (χ4v) is 2.01. The minimum atomic E-state index is -4.72. The van der Waals surface area contributed by atoms with Crippen LogP contribution in [0.3, 0.4) is 0 Å². The van der Waals surface area contributed by atoms with E-state index >= 15 is 0 Å². The SMILES string of the molecule is C=C(OCc1ccccc1)[C@H](O)Cc1ccc(OC(F)(F)F)cc1. The van der Waals surface area contributed by atoms with Crippen LogP contribution >= 0.6 is 0 Å². The van der Waals surface area contributed by atoms with Gasteiger partial charge in [0.15, 0.2) is 0 Å². The van der Waals surface area contributed by atoms with E-state index in [1.807, 2.05) is 30.3 Å². The normalized spacial score (nSPS) is 12.5. The van der Waals surface area contributed by atoms with Gasteiger partial charge in [0.25, 0.3) is 0 Å². The van der Waals surface area contributed by atoms with Gasteiger partial charge in [-0.2, -0.15) is 0 Å². The van der Waals surface area contributed by atoms with Crippen LogP contribution in [-0.2, 0) is 17.8 Å². The third kappa shape index (κ3) is 5.96. The van der Waals surface area contributed by atoms with E-state index in [2.05, 4.69) is 11.3 Å². The molecular weight excluding hydrogens is 321 g/mol. The standard InChI is InChI=1S/C18H17F3O3/c1-13(23-12-15-5-3-2-4-6-15)17(22)11-14-7-9-16(10-8-14)24-18(19,20)21/h2-10,17,22H,1,11-12H2/t17-/m1/s1. The maximum absolute atomic E-state index is 12.1. The topological polar surface area (TPSA) is 38.7 Å². The molecule has 24 heavy (non-hydrogen) atoms. The predicted molar refractivity (Wildman–Crippen MR) is 83.2 cm³/mol. The van der Waals surface area contributed by atoms with Crippen molar-refractivity contribution < 1.29 is 27.8 Å². The molecule has 1 N–H and O–H groups in total. The Bertz CT molecular complexity index is 651. The molecule has 0 aliphatic carbocycles. The molecule has 1 atom stereocenters. The van der Waals surface area contributed by atoms with Crippen molar-refractivity contribution in [3.63, 3.8) is 0 Å². The van der Waals surface area contributed by atoms with E-state index < -0.39 is 12.5 Å². The summed E-state index contributed by atoms with van der Waals surface area (Å²) in [5.41, 5.74) is 1.58. The number of hydrogen-bond donors (Lipinski definition) is 1. The molecule has 3 nitrogen and oxygen atoms in total. The van der Waals surface area contributed by atoms with Gasteiger partial charge >= 0.3 is 6.36 Å². The number of alkyl halides is 3. The van der Waals surface area contributed by atoms with Gasteiger partial charge in [-0.1, -0.05) is 49.0 Å². The van der Waals surface area contributed by atoms with Gasteiger partial charge in [-0.05, 0) is 23.3 Å². The van der Waals surface area contributed by atoms with E-state index in [9.17, 15) is 18.3 Å². The predicted octanol–water partition coefficient (Wildman–Crippen LogP) is 4.22. The van der Waals surface area contributed by atoms with Crippen LogP contribution in [0, 0.1) is 0 Å². The first kappa shape index (κ1) is 17.9. The third-order valence-corrected chi connectivity index (χ3v) is 3.22. The molecule has 0 amide bonds. The molecule has 6 heteroatoms. The molecule has 0 saturated carbocycles. The number of ether oxygens (including phenoxy) is 2. The van der Waals surface area contributed by atoms with Crippen LogP contribution in [0.4, 0.5) is 13.2 Å². The van der Waals surface area contributed by atoms with Crippen molar-refractivity contribution in [2.75, 3.05) is 0 Å². The van der Waals surface area contributed by atoms with E-state index in [0.717, 1.165) is 5.56 Å². The lowest BCUT2D eigenvalue weighted by atomic mass is 10.1. The number of rotatable bonds is 7. The Morgan fingerprint density at radius 3 is 2.21 bits per heavy atom. The average Bonchev–Trinajstić information content (AvgIpc) is 2.54. The summed E-state index contributed by atoms with van der Waals surface area (Å²) in [5.74, 6) is -0.102. The second-order valence-corrected chi connectivity index (χ2v) is 5.15. The highest BCUT2D eigenvalue weighted by Gasteiger charge is 2.30. The monoisotopic (exact) mass is 338 g/mol. The largest absolute Gasteiger partial charge is 0.573 e. The Balaban J connectivity index is 1.84. The Morgan fingerprint density at radius 2 is 1.62 bits per heavy atom. The molecule has 128 valence electrons. The second kappa shape index (κ2) is 7.88. The Kier molecular flexibility index (Phi) is 5.87. The van der Waals surface area contributed by atoms with Crippen LogP contribution in [-0.4, -0.2) is 17.6 Å². The van der Waals surface area contributed by atoms with Crippen molar-refractivity contribution in [2.45, 2.75) is 25.5 Å². The van der Waals surface area contributed by atoms with Gasteiger partial charge in [-0.25, -0.2) is 0 Å². The van der Waals surface area contributed by atoms with Gasteiger partial charge in [0.05, 0.1) is 0 Å². The summed E-state index contributed by atoms with van der Waals surface area (Å²) in [6, 6.07) is 14.7. The van der Waals surface area contributed by atoms with E-state index in [1.165, 1.54) is 24.3 Å². The van der Waals surface area contributed by atoms with E-state index in [-0.39, 0.29) is 24.5 Å². The van der Waals surface area contributed by atoms with Crippen molar-refractivity contribution in [3.05, 3.63) is 78.1 Å². The highest BCUT2D eigenvalue weighted by atomic mass is 19.4. The van der Waals surface area contributed by atoms with Gasteiger partial charge in [-0.15, -0.1) is 13.2 Å². The molecule has 0 heterocycles. The molecule has 0 fully saturated rings. The smallest absolute Gasteiger partial charge is 0.491 e. The lowest BCUT2D eigenvalue weighted by molar-refractivity contribution is -0.274. The van der Waals surface area contributed by atoms with Gasteiger partial charge in [0.2, 0.25) is 0 Å². The molecule has 0 saturated heterocycles. The average molecular weight is 338 g/mol. The highest BCUT2D eigenvalue weighted by molar-refractivity contribution is 5.28. The van der Waals surface area contributed by atoms with Crippen molar-refractivity contribution >= 4 is 0 Å². The molecule has 0 aliphatic rings. The van der Waals surface area contributed by atoms with E-state index in [0.29, 0.717) is 5.56 Å². The zero-order chi connectivity index (χ0) is 17.6. The van der Waals surface area contributed by atoms with Crippen molar-refractivity contribution in [3.8, 4) is 5.75 Å². The minimum Gasteiger partial charge on any atom is -0.491 e. The number of aliphatic hydroxyl groups excluding tert-OH is 1. The maximum Gasteiger partial charge on any atom is 0.573 e. The molecule has 0 aromatic heterocycles. The molecule has 0 unspecified atom stereocenters. The molecular formula is C18H17F3O3. The summed E-state index contributed by atoms with van der Waals surface area (Å²) in [6.45, 7) is 3.97. The van der Waals surface area contributed by atoms with Crippen LogP contribution in [0.2, 0.25) is 0 Å². The Morgan fingerprint density at radius 1 is 1.00 bits per heavy atom. The second-order valence-electron chi connectivity index (χ2n) is 5.15. The van der Waals surface area contributed by atoms with Crippen LogP contribution in [0.25, 0.3) is 0 Å². The number of halogens is 3. The number of benzene rings is 2. The molecule has 0 spiro atoms. The summed E-state index contributed by atoms with van der Waals surface area (Å²) < 4.78 is 45.5. The minimum absolute atomic E-state index is 0.180. The Labute approximate surface area is 138 Å². The zero-order valence-corrected chi connectivity index (χ0v) is 12.8. The van der Waals surface area contributed by atoms with Crippen LogP contribution < -0.4 is 4.74 Å². The summed E-state index contributed by atoms with van der Waals surface area (Å²) >= 11 is 0. The van der Waals surface area contributed by atoms with Crippen molar-refractivity contribution in [1.29, 1.82) is 0 Å². The van der Waals surface area contributed by atoms with Gasteiger partial charge in [0.1, 0.15) is 24.2 Å². The molecule has 2 aromatic carbocycles. The fourth-order valence-electron chi connectivity index (χ4n) is 2.01. The van der Waals surface area contributed by atoms with Crippen LogP contribution in [0.15, 0.2) is 66.9 Å². The molecule has 0 bridgehead atoms. The highest BCUT2D eigenvalue weighted by Crippen LogP contribution is 2.23. The number of hydrogen-bond acceptors (Lipinski definition) is 3. The lowest BCUT2D eigenvalue weighted by Crippen LogP contribution is -2.17. The summed E-state index contributed by atoms with van der Waals surface area (Å²) in [4.78, 5) is 0. The summed E-state index contributed by atoms with van der Waals surface area (Å²) in [6.07, 6.45) is -5.50. The quantitative estimate of drug-likeness (QED) is 0.768. The molecule has 0 aliphatic heterocycles. The van der Waals surface area contributed by atoms with Crippen molar-refractivity contribution in [1.82, 2.24) is 0 Å².